The fraction of sp³-hybridized carbons (Fsp3) is 0.229. The Morgan fingerprint density at radius 3 is 2.00 bits per heavy atom. The van der Waals surface area contributed by atoms with Gasteiger partial charge in [0.15, 0.2) is 11.6 Å². The van der Waals surface area contributed by atoms with Crippen LogP contribution in [0, 0.1) is 0 Å². The van der Waals surface area contributed by atoms with E-state index in [0.717, 1.165) is 71.8 Å². The molecule has 0 amide bonds. The molecule has 6 nitrogen and oxygen atoms in total. The van der Waals surface area contributed by atoms with Crippen LogP contribution in [0.1, 0.15) is 55.9 Å². The zero-order valence-electron chi connectivity index (χ0n) is 22.9. The second kappa shape index (κ2) is 11.9. The average Bonchev–Trinajstić information content (AvgIpc) is 3.48. The summed E-state index contributed by atoms with van der Waals surface area (Å²) < 4.78 is 0. The lowest BCUT2D eigenvalue weighted by molar-refractivity contribution is 0.0984. The van der Waals surface area contributed by atoms with E-state index in [2.05, 4.69) is 21.3 Å². The third-order valence-electron chi connectivity index (χ3n) is 7.88. The molecule has 0 radical (unpaired) electrons. The number of piperidine rings is 1. The van der Waals surface area contributed by atoms with Crippen LogP contribution >= 0.6 is 0 Å². The average molecular weight is 544 g/mol. The number of benzene rings is 3. The molecule has 3 aromatic carbocycles. The van der Waals surface area contributed by atoms with Crippen LogP contribution in [-0.4, -0.2) is 40.9 Å². The monoisotopic (exact) mass is 543 g/mol. The number of aromatic nitrogens is 1. The first-order valence-electron chi connectivity index (χ1n) is 14.2. The second-order valence-electron chi connectivity index (χ2n) is 10.9. The normalized spacial score (nSPS) is 14.6. The van der Waals surface area contributed by atoms with Crippen molar-refractivity contribution >= 4 is 34.7 Å². The van der Waals surface area contributed by atoms with E-state index >= 15 is 0 Å². The molecule has 206 valence electrons. The van der Waals surface area contributed by atoms with Crippen molar-refractivity contribution in [2.24, 2.45) is 0 Å². The number of hydrogen-bond acceptors (Lipinski definition) is 6. The molecule has 6 rings (SSSR count). The summed E-state index contributed by atoms with van der Waals surface area (Å²) in [5.74, 6) is 0.147. The number of ketones is 2. The third kappa shape index (κ3) is 6.44. The van der Waals surface area contributed by atoms with Gasteiger partial charge in [-0.05, 0) is 84.1 Å². The van der Waals surface area contributed by atoms with Gasteiger partial charge in [-0.25, -0.2) is 0 Å². The van der Waals surface area contributed by atoms with Crippen molar-refractivity contribution < 1.29 is 14.7 Å². The first-order valence-corrected chi connectivity index (χ1v) is 14.2. The van der Waals surface area contributed by atoms with E-state index in [9.17, 15) is 14.7 Å². The van der Waals surface area contributed by atoms with Gasteiger partial charge in [0, 0.05) is 66.7 Å². The van der Waals surface area contributed by atoms with Gasteiger partial charge in [-0.15, -0.1) is 0 Å². The van der Waals surface area contributed by atoms with Gasteiger partial charge in [0.2, 0.25) is 0 Å². The maximum Gasteiger partial charge on any atom is 0.168 e. The highest BCUT2D eigenvalue weighted by Crippen LogP contribution is 2.23. The predicted molar refractivity (Wildman–Crippen MR) is 163 cm³/mol. The van der Waals surface area contributed by atoms with Crippen LogP contribution in [0.25, 0.3) is 6.08 Å². The third-order valence-corrected chi connectivity index (χ3v) is 7.88. The second-order valence-corrected chi connectivity index (χ2v) is 10.9. The van der Waals surface area contributed by atoms with Crippen molar-refractivity contribution in [2.45, 2.75) is 38.2 Å². The molecule has 2 aliphatic rings. The van der Waals surface area contributed by atoms with E-state index in [1.165, 1.54) is 0 Å². The molecule has 0 unspecified atom stereocenters. The van der Waals surface area contributed by atoms with E-state index in [1.54, 1.807) is 6.20 Å². The molecule has 1 aromatic heterocycles. The number of hydrogen-bond donors (Lipinski definition) is 2. The van der Waals surface area contributed by atoms with Crippen LogP contribution < -0.4 is 10.2 Å². The Morgan fingerprint density at radius 2 is 1.39 bits per heavy atom. The van der Waals surface area contributed by atoms with Gasteiger partial charge in [0.25, 0.3) is 0 Å². The number of carbonyl (C=O) groups excluding carboxylic acids is 2. The van der Waals surface area contributed by atoms with Crippen molar-refractivity contribution in [2.75, 3.05) is 23.3 Å². The molecule has 6 heteroatoms. The summed E-state index contributed by atoms with van der Waals surface area (Å²) in [6.07, 6.45) is 8.64. The topological polar surface area (TPSA) is 82.5 Å². The number of aliphatic hydroxyl groups is 1. The first-order chi connectivity index (χ1) is 20.0. The first kappa shape index (κ1) is 26.7. The Morgan fingerprint density at radius 1 is 0.805 bits per heavy atom. The maximum atomic E-state index is 12.9. The number of anilines is 3. The number of Topliss-reactive ketones (excluding diaryl/α,β-unsaturated/α-hetero) is 2. The van der Waals surface area contributed by atoms with Gasteiger partial charge in [0.05, 0.1) is 11.8 Å². The number of aliphatic hydroxyl groups excluding tert-OH is 1. The molecule has 1 aliphatic carbocycles. The number of carbonyl (C=O) groups is 2. The van der Waals surface area contributed by atoms with Crippen molar-refractivity contribution in [3.05, 3.63) is 125 Å². The van der Waals surface area contributed by atoms with Crippen molar-refractivity contribution in [3.63, 3.8) is 0 Å². The van der Waals surface area contributed by atoms with Crippen molar-refractivity contribution in [1.82, 2.24) is 4.98 Å². The van der Waals surface area contributed by atoms with Crippen LogP contribution in [0.5, 0.6) is 0 Å². The quantitative estimate of drug-likeness (QED) is 0.245. The summed E-state index contributed by atoms with van der Waals surface area (Å²) in [6.45, 7) is 1.68. The Kier molecular flexibility index (Phi) is 7.74. The summed E-state index contributed by atoms with van der Waals surface area (Å²) in [5.41, 5.74) is 8.28. The van der Waals surface area contributed by atoms with Crippen LogP contribution in [0.15, 0.2) is 91.1 Å². The standard InChI is InChI=1S/C35H33N3O3/c39-32-16-18-38(19-17-32)31-14-8-26(9-15-31)34(40)20-24-4-10-29(11-5-24)37-30-12-6-25(7-13-30)21-35(41)28-22-27-2-1-3-33(27)36-23-28/h1-2,4-15,22-23,32,37,39H,3,16-21H2. The van der Waals surface area contributed by atoms with Gasteiger partial charge in [-0.1, -0.05) is 36.4 Å². The molecule has 0 bridgehead atoms. The van der Waals surface area contributed by atoms with Crippen molar-refractivity contribution in [1.29, 1.82) is 0 Å². The number of nitrogens with one attached hydrogen (secondary N) is 1. The Balaban J connectivity index is 1.01. The van der Waals surface area contributed by atoms with E-state index in [0.29, 0.717) is 24.0 Å². The minimum Gasteiger partial charge on any atom is -0.393 e. The van der Waals surface area contributed by atoms with E-state index in [4.69, 9.17) is 0 Å². The minimum atomic E-state index is -0.201. The molecular formula is C35H33N3O3. The number of rotatable bonds is 9. The van der Waals surface area contributed by atoms with Crippen molar-refractivity contribution in [3.8, 4) is 0 Å². The number of nitrogens with zero attached hydrogens (tertiary/aromatic N) is 2. The molecule has 1 aliphatic heterocycles. The molecule has 1 saturated heterocycles. The molecule has 0 spiro atoms. The fourth-order valence-corrected chi connectivity index (χ4v) is 5.41. The molecule has 1 fully saturated rings. The molecule has 41 heavy (non-hydrogen) atoms. The predicted octanol–water partition coefficient (Wildman–Crippen LogP) is 6.21. The highest BCUT2D eigenvalue weighted by atomic mass is 16.3. The highest BCUT2D eigenvalue weighted by molar-refractivity contribution is 5.98. The van der Waals surface area contributed by atoms with Crippen LogP contribution in [-0.2, 0) is 19.3 Å². The van der Waals surface area contributed by atoms with Crippen LogP contribution in [0.3, 0.4) is 0 Å². The van der Waals surface area contributed by atoms with Gasteiger partial charge in [-0.2, -0.15) is 0 Å². The Labute approximate surface area is 240 Å². The van der Waals surface area contributed by atoms with E-state index in [-0.39, 0.29) is 17.7 Å². The summed E-state index contributed by atoms with van der Waals surface area (Å²) in [7, 11) is 0. The number of allylic oxidation sites excluding steroid dienone is 1. The molecule has 2 N–H and O–H groups in total. The molecule has 2 heterocycles. The molecule has 0 atom stereocenters. The van der Waals surface area contributed by atoms with Crippen LogP contribution in [0.2, 0.25) is 0 Å². The smallest absolute Gasteiger partial charge is 0.168 e. The zero-order chi connectivity index (χ0) is 28.2. The molecular weight excluding hydrogens is 510 g/mol. The largest absolute Gasteiger partial charge is 0.393 e. The highest BCUT2D eigenvalue weighted by Gasteiger charge is 2.18. The zero-order valence-corrected chi connectivity index (χ0v) is 22.9. The Hall–Kier alpha value is -4.55. The van der Waals surface area contributed by atoms with Gasteiger partial charge >= 0.3 is 0 Å². The van der Waals surface area contributed by atoms with E-state index in [1.807, 2.05) is 84.9 Å². The Bertz CT molecular complexity index is 1570. The molecule has 4 aromatic rings. The SMILES string of the molecule is O=C(Cc1ccc(Nc2ccc(CC(=O)c3cnc4c(c3)C=CC4)cc2)cc1)c1ccc(N2CCC(O)CC2)cc1. The summed E-state index contributed by atoms with van der Waals surface area (Å²) in [4.78, 5) is 32.3. The van der Waals surface area contributed by atoms with Gasteiger partial charge in [-0.3, -0.25) is 14.6 Å². The van der Waals surface area contributed by atoms with Crippen LogP contribution in [0.4, 0.5) is 17.1 Å². The summed E-state index contributed by atoms with van der Waals surface area (Å²) >= 11 is 0. The maximum absolute atomic E-state index is 12.9. The number of fused-ring (bicyclic) bond motifs is 1. The number of pyridine rings is 1. The van der Waals surface area contributed by atoms with E-state index < -0.39 is 0 Å². The fourth-order valence-electron chi connectivity index (χ4n) is 5.41. The lowest BCUT2D eigenvalue weighted by Gasteiger charge is -2.31. The molecule has 0 saturated carbocycles. The lowest BCUT2D eigenvalue weighted by atomic mass is 10.0. The lowest BCUT2D eigenvalue weighted by Crippen LogP contribution is -2.35. The van der Waals surface area contributed by atoms with Gasteiger partial charge < -0.3 is 15.3 Å². The van der Waals surface area contributed by atoms with Gasteiger partial charge in [0.1, 0.15) is 0 Å². The summed E-state index contributed by atoms with van der Waals surface area (Å²) in [6, 6.07) is 25.5. The minimum absolute atomic E-state index is 0.0603. The summed E-state index contributed by atoms with van der Waals surface area (Å²) in [5, 5.41) is 13.1.